The number of likely N-dealkylation sites (tertiary alicyclic amines) is 1. The molecule has 5 nitrogen and oxygen atoms in total. The van der Waals surface area contributed by atoms with Crippen LogP contribution in [0.15, 0.2) is 17.0 Å². The first-order valence-electron chi connectivity index (χ1n) is 6.83. The summed E-state index contributed by atoms with van der Waals surface area (Å²) in [5.74, 6) is 0. The second kappa shape index (κ2) is 6.71. The zero-order valence-corrected chi connectivity index (χ0v) is 14.1. The van der Waals surface area contributed by atoms with Gasteiger partial charge < -0.3 is 5.73 Å². The Morgan fingerprint density at radius 1 is 1.43 bits per heavy atom. The Labute approximate surface area is 135 Å². The third kappa shape index (κ3) is 3.81. The maximum atomic E-state index is 12.4. The fraction of sp³-hybridized carbons (Fsp3) is 0.538. The van der Waals surface area contributed by atoms with Crippen LogP contribution in [-0.4, -0.2) is 39.0 Å². The van der Waals surface area contributed by atoms with E-state index in [1.54, 1.807) is 0 Å². The number of hydrogen-bond acceptors (Lipinski definition) is 4. The monoisotopic (exact) mass is 351 g/mol. The number of nitrogens with one attached hydrogen (secondary N) is 1. The molecule has 0 spiro atoms. The van der Waals surface area contributed by atoms with Crippen LogP contribution in [0.25, 0.3) is 0 Å². The summed E-state index contributed by atoms with van der Waals surface area (Å²) in [7, 11) is -3.75. The van der Waals surface area contributed by atoms with Crippen LogP contribution in [0.2, 0.25) is 10.0 Å². The number of benzene rings is 1. The standard InChI is InChI=1S/C13H19Cl2N3O2S/c1-2-18-5-3-4-10(18)8-17-21(19,20)13-11(15)6-9(14)7-12(13)16/h6-7,10,17H,2-5,8,16H2,1H3. The third-order valence-electron chi connectivity index (χ3n) is 3.72. The molecule has 1 saturated heterocycles. The van der Waals surface area contributed by atoms with Crippen molar-refractivity contribution >= 4 is 38.9 Å². The zero-order chi connectivity index (χ0) is 15.6. The smallest absolute Gasteiger partial charge is 0.244 e. The minimum absolute atomic E-state index is 0.0336. The van der Waals surface area contributed by atoms with Gasteiger partial charge in [0.2, 0.25) is 10.0 Å². The molecule has 3 N–H and O–H groups in total. The molecule has 21 heavy (non-hydrogen) atoms. The Balaban J connectivity index is 2.16. The van der Waals surface area contributed by atoms with Crippen LogP contribution in [0, 0.1) is 0 Å². The lowest BCUT2D eigenvalue weighted by Crippen LogP contribution is -2.40. The quantitative estimate of drug-likeness (QED) is 0.798. The molecule has 2 rings (SSSR count). The van der Waals surface area contributed by atoms with Gasteiger partial charge in [0.15, 0.2) is 0 Å². The van der Waals surface area contributed by atoms with E-state index in [2.05, 4.69) is 16.5 Å². The molecule has 1 unspecified atom stereocenters. The number of hydrogen-bond donors (Lipinski definition) is 2. The summed E-state index contributed by atoms with van der Waals surface area (Å²) in [6.45, 7) is 4.35. The summed E-state index contributed by atoms with van der Waals surface area (Å²) < 4.78 is 27.4. The van der Waals surface area contributed by atoms with Crippen LogP contribution >= 0.6 is 23.2 Å². The molecule has 1 heterocycles. The van der Waals surface area contributed by atoms with Gasteiger partial charge in [0.1, 0.15) is 4.90 Å². The van der Waals surface area contributed by atoms with Crippen molar-refractivity contribution in [1.29, 1.82) is 0 Å². The number of nitrogens with two attached hydrogens (primary N) is 1. The molecule has 0 saturated carbocycles. The number of anilines is 1. The lowest BCUT2D eigenvalue weighted by Gasteiger charge is -2.23. The molecule has 1 aromatic rings. The van der Waals surface area contributed by atoms with Gasteiger partial charge in [0, 0.05) is 17.6 Å². The second-order valence-electron chi connectivity index (χ2n) is 5.08. The highest BCUT2D eigenvalue weighted by atomic mass is 35.5. The Hall–Kier alpha value is -0.530. The van der Waals surface area contributed by atoms with Crippen molar-refractivity contribution in [3.8, 4) is 0 Å². The molecule has 1 aliphatic rings. The van der Waals surface area contributed by atoms with Crippen LogP contribution in [0.4, 0.5) is 5.69 Å². The van der Waals surface area contributed by atoms with Crippen molar-refractivity contribution in [2.24, 2.45) is 0 Å². The lowest BCUT2D eigenvalue weighted by atomic mass is 10.2. The fourth-order valence-corrected chi connectivity index (χ4v) is 4.74. The van der Waals surface area contributed by atoms with Crippen molar-refractivity contribution in [2.75, 3.05) is 25.4 Å². The van der Waals surface area contributed by atoms with Crippen molar-refractivity contribution in [3.05, 3.63) is 22.2 Å². The number of halogens is 2. The van der Waals surface area contributed by atoms with E-state index in [1.807, 2.05) is 0 Å². The molecule has 1 aromatic carbocycles. The average Bonchev–Trinajstić information content (AvgIpc) is 2.82. The molecule has 8 heteroatoms. The second-order valence-corrected chi connectivity index (χ2v) is 7.63. The molecule has 1 atom stereocenters. The molecule has 0 aliphatic carbocycles. The van der Waals surface area contributed by atoms with E-state index in [-0.39, 0.29) is 21.6 Å². The van der Waals surface area contributed by atoms with Gasteiger partial charge in [0.25, 0.3) is 0 Å². The summed E-state index contributed by atoms with van der Waals surface area (Å²) >= 11 is 11.8. The molecule has 0 aromatic heterocycles. The van der Waals surface area contributed by atoms with Crippen LogP contribution < -0.4 is 10.5 Å². The van der Waals surface area contributed by atoms with Crippen molar-refractivity contribution < 1.29 is 8.42 Å². The van der Waals surface area contributed by atoms with E-state index in [0.717, 1.165) is 25.9 Å². The maximum absolute atomic E-state index is 12.4. The zero-order valence-electron chi connectivity index (χ0n) is 11.8. The predicted octanol–water partition coefficient (Wildman–Crippen LogP) is 2.34. The van der Waals surface area contributed by atoms with Gasteiger partial charge in [-0.05, 0) is 38.1 Å². The Morgan fingerprint density at radius 2 is 2.14 bits per heavy atom. The third-order valence-corrected chi connectivity index (χ3v) is 5.89. The number of sulfonamides is 1. The highest BCUT2D eigenvalue weighted by Crippen LogP contribution is 2.31. The first kappa shape index (κ1) is 16.8. The summed E-state index contributed by atoms with van der Waals surface area (Å²) in [6, 6.07) is 2.98. The summed E-state index contributed by atoms with van der Waals surface area (Å²) in [4.78, 5) is 2.16. The van der Waals surface area contributed by atoms with E-state index in [0.29, 0.717) is 11.6 Å². The van der Waals surface area contributed by atoms with Gasteiger partial charge in [0.05, 0.1) is 10.7 Å². The van der Waals surface area contributed by atoms with Crippen LogP contribution in [0.3, 0.4) is 0 Å². The lowest BCUT2D eigenvalue weighted by molar-refractivity contribution is 0.268. The number of likely N-dealkylation sites (N-methyl/N-ethyl adjacent to an activating group) is 1. The molecular formula is C13H19Cl2N3O2S. The van der Waals surface area contributed by atoms with Crippen LogP contribution in [-0.2, 0) is 10.0 Å². The van der Waals surface area contributed by atoms with E-state index in [9.17, 15) is 8.42 Å². The molecule has 1 aliphatic heterocycles. The molecule has 0 amide bonds. The largest absolute Gasteiger partial charge is 0.398 e. The molecular weight excluding hydrogens is 333 g/mol. The summed E-state index contributed by atoms with van der Waals surface area (Å²) in [5, 5.41) is 0.343. The Bertz CT molecular complexity index is 599. The van der Waals surface area contributed by atoms with Gasteiger partial charge in [-0.3, -0.25) is 4.90 Å². The van der Waals surface area contributed by atoms with Gasteiger partial charge in [-0.2, -0.15) is 0 Å². The number of nitrogens with zero attached hydrogens (tertiary/aromatic N) is 1. The fourth-order valence-electron chi connectivity index (χ4n) is 2.68. The minimum atomic E-state index is -3.75. The van der Waals surface area contributed by atoms with Crippen molar-refractivity contribution in [3.63, 3.8) is 0 Å². The molecule has 0 bridgehead atoms. The van der Waals surface area contributed by atoms with Gasteiger partial charge in [-0.15, -0.1) is 0 Å². The van der Waals surface area contributed by atoms with Crippen molar-refractivity contribution in [2.45, 2.75) is 30.7 Å². The SMILES string of the molecule is CCN1CCCC1CNS(=O)(=O)c1c(N)cc(Cl)cc1Cl. The Morgan fingerprint density at radius 3 is 2.76 bits per heavy atom. The number of rotatable bonds is 5. The van der Waals surface area contributed by atoms with Crippen LogP contribution in [0.1, 0.15) is 19.8 Å². The van der Waals surface area contributed by atoms with E-state index in [4.69, 9.17) is 28.9 Å². The Kier molecular flexibility index (Phi) is 5.38. The van der Waals surface area contributed by atoms with E-state index >= 15 is 0 Å². The van der Waals surface area contributed by atoms with Gasteiger partial charge >= 0.3 is 0 Å². The highest BCUT2D eigenvalue weighted by Gasteiger charge is 2.27. The minimum Gasteiger partial charge on any atom is -0.398 e. The summed E-state index contributed by atoms with van der Waals surface area (Å²) in [5.41, 5.74) is 5.80. The predicted molar refractivity (Wildman–Crippen MR) is 86.3 cm³/mol. The first-order chi connectivity index (χ1) is 9.85. The van der Waals surface area contributed by atoms with E-state index < -0.39 is 10.0 Å². The highest BCUT2D eigenvalue weighted by molar-refractivity contribution is 7.89. The van der Waals surface area contributed by atoms with Gasteiger partial charge in [-0.25, -0.2) is 13.1 Å². The maximum Gasteiger partial charge on any atom is 0.244 e. The molecule has 0 radical (unpaired) electrons. The molecule has 1 fully saturated rings. The van der Waals surface area contributed by atoms with Gasteiger partial charge in [-0.1, -0.05) is 30.1 Å². The summed E-state index contributed by atoms with van der Waals surface area (Å²) in [6.07, 6.45) is 2.07. The normalized spacial score (nSPS) is 20.0. The number of nitrogen functional groups attached to an aromatic ring is 1. The topological polar surface area (TPSA) is 75.4 Å². The van der Waals surface area contributed by atoms with E-state index in [1.165, 1.54) is 12.1 Å². The first-order valence-corrected chi connectivity index (χ1v) is 9.07. The van der Waals surface area contributed by atoms with Crippen LogP contribution in [0.5, 0.6) is 0 Å². The molecule has 118 valence electrons. The van der Waals surface area contributed by atoms with Crippen molar-refractivity contribution in [1.82, 2.24) is 9.62 Å². The average molecular weight is 352 g/mol.